The van der Waals surface area contributed by atoms with Gasteiger partial charge in [-0.15, -0.1) is 0 Å². The van der Waals surface area contributed by atoms with E-state index in [4.69, 9.17) is 0 Å². The van der Waals surface area contributed by atoms with Crippen LogP contribution in [0.2, 0.25) is 0 Å². The maximum atomic E-state index is 4.65. The van der Waals surface area contributed by atoms with E-state index in [2.05, 4.69) is 89.9 Å². The summed E-state index contributed by atoms with van der Waals surface area (Å²) < 4.78 is 4.44. The molecule has 0 aliphatic heterocycles. The average Bonchev–Trinajstić information content (AvgIpc) is 2.94. The van der Waals surface area contributed by atoms with Crippen molar-refractivity contribution >= 4 is 64.6 Å². The van der Waals surface area contributed by atoms with Crippen LogP contribution in [0.25, 0.3) is 38.4 Å². The van der Waals surface area contributed by atoms with Crippen LogP contribution in [0, 0.1) is 0 Å². The zero-order valence-electron chi connectivity index (χ0n) is 13.1. The molecule has 2 heterocycles. The molecule has 0 amide bonds. The third-order valence-electron chi connectivity index (χ3n) is 4.52. The lowest BCUT2D eigenvalue weighted by Crippen LogP contribution is -1.95. The van der Waals surface area contributed by atoms with Gasteiger partial charge in [0.15, 0.2) is 0 Å². The Labute approximate surface area is 161 Å². The molecular weight excluding hydrogens is 440 g/mol. The van der Waals surface area contributed by atoms with Crippen LogP contribution in [0.15, 0.2) is 81.9 Å². The average molecular weight is 452 g/mol. The van der Waals surface area contributed by atoms with Crippen LogP contribution < -0.4 is 0 Å². The van der Waals surface area contributed by atoms with Crippen molar-refractivity contribution in [2.45, 2.75) is 0 Å². The fourth-order valence-corrected chi connectivity index (χ4v) is 4.15. The van der Waals surface area contributed by atoms with Crippen LogP contribution in [0.1, 0.15) is 0 Å². The van der Waals surface area contributed by atoms with Crippen molar-refractivity contribution in [2.24, 2.45) is 0 Å². The van der Waals surface area contributed by atoms with Gasteiger partial charge in [0.05, 0.1) is 28.4 Å². The Kier molecular flexibility index (Phi) is 3.43. The molecule has 2 nitrogen and oxygen atoms in total. The maximum Gasteiger partial charge on any atom is 0.0703 e. The fraction of sp³-hybridized carbons (Fsp3) is 0. The number of aromatic nitrogens is 2. The van der Waals surface area contributed by atoms with Crippen LogP contribution in [-0.2, 0) is 0 Å². The number of hydrogen-bond acceptors (Lipinski definition) is 1. The van der Waals surface area contributed by atoms with E-state index in [1.165, 1.54) is 21.8 Å². The third kappa shape index (κ3) is 2.40. The van der Waals surface area contributed by atoms with E-state index in [0.29, 0.717) is 0 Å². The first-order valence-electron chi connectivity index (χ1n) is 7.95. The van der Waals surface area contributed by atoms with Gasteiger partial charge in [0.1, 0.15) is 0 Å². The lowest BCUT2D eigenvalue weighted by Gasteiger charge is -2.08. The van der Waals surface area contributed by atoms with Crippen molar-refractivity contribution < 1.29 is 0 Å². The van der Waals surface area contributed by atoms with Gasteiger partial charge in [0.2, 0.25) is 0 Å². The maximum absolute atomic E-state index is 4.65. The third-order valence-corrected chi connectivity index (χ3v) is 5.51. The van der Waals surface area contributed by atoms with E-state index in [1.807, 2.05) is 24.4 Å². The van der Waals surface area contributed by atoms with Crippen molar-refractivity contribution in [3.63, 3.8) is 0 Å². The van der Waals surface area contributed by atoms with Gasteiger partial charge in [-0.3, -0.25) is 4.98 Å². The molecule has 0 atom stereocenters. The molecule has 0 saturated carbocycles. The molecule has 0 radical (unpaired) electrons. The summed E-state index contributed by atoms with van der Waals surface area (Å²) in [5, 5.41) is 3.59. The molecule has 0 aliphatic rings. The number of hydrogen-bond donors (Lipinski definition) is 0. The molecule has 5 aromatic rings. The Morgan fingerprint density at radius 3 is 2.04 bits per heavy atom. The summed E-state index contributed by atoms with van der Waals surface area (Å²) in [7, 11) is 0. The van der Waals surface area contributed by atoms with Gasteiger partial charge in [0.25, 0.3) is 0 Å². The summed E-state index contributed by atoms with van der Waals surface area (Å²) in [5.74, 6) is 0. The highest BCUT2D eigenvalue weighted by Gasteiger charge is 2.13. The molecular formula is C21H12Br2N2. The molecule has 5 rings (SSSR count). The van der Waals surface area contributed by atoms with Crippen molar-refractivity contribution in [3.8, 4) is 5.69 Å². The molecule has 0 aliphatic carbocycles. The first-order chi connectivity index (χ1) is 12.2. The predicted octanol–water partition coefficient (Wildman–Crippen LogP) is 6.86. The Balaban J connectivity index is 1.92. The number of fused-ring (bicyclic) bond motifs is 4. The summed E-state index contributed by atoms with van der Waals surface area (Å²) in [4.78, 5) is 4.65. The van der Waals surface area contributed by atoms with Gasteiger partial charge in [-0.25, -0.2) is 0 Å². The molecule has 0 spiro atoms. The van der Waals surface area contributed by atoms with Gasteiger partial charge in [0, 0.05) is 25.1 Å². The Hall–Kier alpha value is -2.17. The molecule has 3 aromatic carbocycles. The summed E-state index contributed by atoms with van der Waals surface area (Å²) >= 11 is 7.20. The Morgan fingerprint density at radius 2 is 1.36 bits per heavy atom. The number of rotatable bonds is 1. The van der Waals surface area contributed by atoms with E-state index in [1.54, 1.807) is 0 Å². The van der Waals surface area contributed by atoms with Gasteiger partial charge in [-0.1, -0.05) is 50.1 Å². The summed E-state index contributed by atoms with van der Waals surface area (Å²) in [5.41, 5.74) is 4.43. The standard InChI is InChI=1S/C21H12Br2N2/c22-14-5-7-20-17(10-14)18-11-15(23)6-8-21(18)25(20)16-9-13-3-1-2-4-19(13)24-12-16/h1-12H. The Bertz CT molecular complexity index is 1210. The first-order valence-corrected chi connectivity index (χ1v) is 9.54. The second-order valence-electron chi connectivity index (χ2n) is 6.04. The van der Waals surface area contributed by atoms with Gasteiger partial charge in [-0.2, -0.15) is 0 Å². The quantitative estimate of drug-likeness (QED) is 0.272. The van der Waals surface area contributed by atoms with E-state index in [-0.39, 0.29) is 0 Å². The molecule has 0 unspecified atom stereocenters. The van der Waals surface area contributed by atoms with Crippen molar-refractivity contribution in [1.82, 2.24) is 9.55 Å². The van der Waals surface area contributed by atoms with E-state index in [0.717, 1.165) is 25.5 Å². The zero-order chi connectivity index (χ0) is 17.0. The largest absolute Gasteiger partial charge is 0.308 e. The summed E-state index contributed by atoms with van der Waals surface area (Å²) in [6.07, 6.45) is 1.95. The fourth-order valence-electron chi connectivity index (χ4n) is 3.43. The normalized spacial score (nSPS) is 11.6. The highest BCUT2D eigenvalue weighted by Crippen LogP contribution is 2.35. The van der Waals surface area contributed by atoms with Crippen molar-refractivity contribution in [1.29, 1.82) is 0 Å². The lowest BCUT2D eigenvalue weighted by atomic mass is 10.2. The van der Waals surface area contributed by atoms with Gasteiger partial charge < -0.3 is 4.57 Å². The Morgan fingerprint density at radius 1 is 0.720 bits per heavy atom. The minimum atomic E-state index is 1.01. The van der Waals surface area contributed by atoms with Crippen molar-refractivity contribution in [3.05, 3.63) is 81.9 Å². The lowest BCUT2D eigenvalue weighted by molar-refractivity contribution is 1.16. The van der Waals surface area contributed by atoms with Crippen LogP contribution in [0.5, 0.6) is 0 Å². The van der Waals surface area contributed by atoms with Crippen LogP contribution in [0.4, 0.5) is 0 Å². The number of benzene rings is 3. The topological polar surface area (TPSA) is 17.8 Å². The molecule has 0 bridgehead atoms. The minimum Gasteiger partial charge on any atom is -0.308 e. The molecule has 120 valence electrons. The molecule has 0 N–H and O–H groups in total. The predicted molar refractivity (Wildman–Crippen MR) is 111 cm³/mol. The molecule has 2 aromatic heterocycles. The zero-order valence-corrected chi connectivity index (χ0v) is 16.3. The number of pyridine rings is 1. The number of halogens is 2. The number of para-hydroxylation sites is 1. The number of nitrogens with zero attached hydrogens (tertiary/aromatic N) is 2. The van der Waals surface area contributed by atoms with Crippen LogP contribution in [0.3, 0.4) is 0 Å². The SMILES string of the molecule is Brc1ccc2c(c1)c1cc(Br)ccc1n2-c1cnc2ccccc2c1. The molecule has 0 saturated heterocycles. The van der Waals surface area contributed by atoms with Crippen molar-refractivity contribution in [2.75, 3.05) is 0 Å². The first kappa shape index (κ1) is 15.1. The second-order valence-corrected chi connectivity index (χ2v) is 7.88. The van der Waals surface area contributed by atoms with Crippen LogP contribution >= 0.6 is 31.9 Å². The van der Waals surface area contributed by atoms with E-state index < -0.39 is 0 Å². The van der Waals surface area contributed by atoms with E-state index >= 15 is 0 Å². The highest BCUT2D eigenvalue weighted by molar-refractivity contribution is 9.10. The van der Waals surface area contributed by atoms with Crippen LogP contribution in [-0.4, -0.2) is 9.55 Å². The minimum absolute atomic E-state index is 1.01. The molecule has 0 fully saturated rings. The molecule has 4 heteroatoms. The monoisotopic (exact) mass is 450 g/mol. The highest BCUT2D eigenvalue weighted by atomic mass is 79.9. The van der Waals surface area contributed by atoms with Gasteiger partial charge >= 0.3 is 0 Å². The smallest absolute Gasteiger partial charge is 0.0703 e. The molecule has 25 heavy (non-hydrogen) atoms. The summed E-state index contributed by atoms with van der Waals surface area (Å²) in [6, 6.07) is 23.2. The van der Waals surface area contributed by atoms with E-state index in [9.17, 15) is 0 Å². The second kappa shape index (κ2) is 5.68. The van der Waals surface area contributed by atoms with Gasteiger partial charge in [-0.05, 0) is 48.5 Å². The summed E-state index contributed by atoms with van der Waals surface area (Å²) in [6.45, 7) is 0.